The highest BCUT2D eigenvalue weighted by Gasteiger charge is 2.18. The highest BCUT2D eigenvalue weighted by atomic mass is 16.5. The summed E-state index contributed by atoms with van der Waals surface area (Å²) < 4.78 is 5.68. The minimum absolute atomic E-state index is 0.0104. The van der Waals surface area contributed by atoms with Gasteiger partial charge in [0, 0.05) is 30.9 Å². The Morgan fingerprint density at radius 2 is 1.69 bits per heavy atom. The van der Waals surface area contributed by atoms with Gasteiger partial charge >= 0.3 is 0 Å². The first-order valence-corrected chi connectivity index (χ1v) is 11.5. The summed E-state index contributed by atoms with van der Waals surface area (Å²) in [6.45, 7) is 6.64. The van der Waals surface area contributed by atoms with E-state index in [-0.39, 0.29) is 12.0 Å². The van der Waals surface area contributed by atoms with Gasteiger partial charge in [-0.15, -0.1) is 0 Å². The predicted octanol–water partition coefficient (Wildman–Crippen LogP) is 5.40. The first-order chi connectivity index (χ1) is 15.6. The van der Waals surface area contributed by atoms with Crippen molar-refractivity contribution in [3.05, 3.63) is 95.1 Å². The zero-order valence-corrected chi connectivity index (χ0v) is 19.0. The molecular formula is C28H32N2O2. The summed E-state index contributed by atoms with van der Waals surface area (Å²) in [7, 11) is 0. The molecule has 1 amide bonds. The number of nitrogens with zero attached hydrogens (tertiary/aromatic N) is 1. The number of amides is 1. The van der Waals surface area contributed by atoms with Gasteiger partial charge in [-0.3, -0.25) is 4.79 Å². The molecule has 32 heavy (non-hydrogen) atoms. The van der Waals surface area contributed by atoms with Gasteiger partial charge in [-0.1, -0.05) is 42.5 Å². The normalized spacial score (nSPS) is 12.7. The van der Waals surface area contributed by atoms with Crippen LogP contribution in [0.4, 0.5) is 5.69 Å². The van der Waals surface area contributed by atoms with E-state index in [0.29, 0.717) is 12.1 Å². The fourth-order valence-corrected chi connectivity index (χ4v) is 4.16. The zero-order valence-electron chi connectivity index (χ0n) is 19.0. The Labute approximate surface area is 191 Å². The third kappa shape index (κ3) is 5.70. The monoisotopic (exact) mass is 428 g/mol. The van der Waals surface area contributed by atoms with E-state index in [1.807, 2.05) is 38.1 Å². The fourth-order valence-electron chi connectivity index (χ4n) is 4.16. The molecule has 0 unspecified atom stereocenters. The van der Waals surface area contributed by atoms with Crippen molar-refractivity contribution in [1.29, 1.82) is 0 Å². The lowest BCUT2D eigenvalue weighted by atomic mass is 10.1. The standard InChI is InChI=1S/C28H32N2O2/c1-21(2)32-26-15-11-22(12-16-26)6-5-18-29-28(31)25-13-9-23(10-14-25)20-30-19-17-24-7-3-4-8-27(24)30/h3-4,7-16,21H,5-6,17-20H2,1-2H3,(H,29,31). The molecule has 0 aliphatic carbocycles. The van der Waals surface area contributed by atoms with E-state index in [1.54, 1.807) is 0 Å². The van der Waals surface area contributed by atoms with Crippen molar-refractivity contribution in [2.45, 2.75) is 45.8 Å². The number of ether oxygens (including phenoxy) is 1. The number of benzene rings is 3. The molecule has 0 bridgehead atoms. The Bertz CT molecular complexity index is 1030. The quantitative estimate of drug-likeness (QED) is 0.464. The van der Waals surface area contributed by atoms with E-state index in [1.165, 1.54) is 22.4 Å². The molecule has 4 rings (SSSR count). The van der Waals surface area contributed by atoms with Gasteiger partial charge in [0.25, 0.3) is 5.91 Å². The van der Waals surface area contributed by atoms with Gasteiger partial charge in [-0.2, -0.15) is 0 Å². The summed E-state index contributed by atoms with van der Waals surface area (Å²) in [5.41, 5.74) is 5.94. The van der Waals surface area contributed by atoms with Crippen LogP contribution in [0.2, 0.25) is 0 Å². The number of para-hydroxylation sites is 1. The van der Waals surface area contributed by atoms with Crippen molar-refractivity contribution < 1.29 is 9.53 Å². The first kappa shape index (κ1) is 21.9. The summed E-state index contributed by atoms with van der Waals surface area (Å²) >= 11 is 0. The molecule has 0 spiro atoms. The first-order valence-electron chi connectivity index (χ1n) is 11.5. The summed E-state index contributed by atoms with van der Waals surface area (Å²) in [6, 6.07) is 24.8. The van der Waals surface area contributed by atoms with Crippen LogP contribution < -0.4 is 15.0 Å². The Balaban J connectivity index is 1.21. The van der Waals surface area contributed by atoms with Crippen LogP contribution in [-0.4, -0.2) is 25.1 Å². The van der Waals surface area contributed by atoms with Crippen molar-refractivity contribution in [3.8, 4) is 5.75 Å². The lowest BCUT2D eigenvalue weighted by Crippen LogP contribution is -2.25. The minimum atomic E-state index is -0.0104. The fraction of sp³-hybridized carbons (Fsp3) is 0.321. The van der Waals surface area contributed by atoms with Crippen LogP contribution in [0.15, 0.2) is 72.8 Å². The second-order valence-electron chi connectivity index (χ2n) is 8.67. The van der Waals surface area contributed by atoms with Crippen LogP contribution >= 0.6 is 0 Å². The molecule has 0 atom stereocenters. The van der Waals surface area contributed by atoms with E-state index in [2.05, 4.69) is 58.7 Å². The van der Waals surface area contributed by atoms with Crippen LogP contribution in [0.3, 0.4) is 0 Å². The number of hydrogen-bond donors (Lipinski definition) is 1. The van der Waals surface area contributed by atoms with Gasteiger partial charge in [0.1, 0.15) is 5.75 Å². The Kier molecular flexibility index (Phi) is 7.10. The highest BCUT2D eigenvalue weighted by molar-refractivity contribution is 5.94. The molecule has 0 fully saturated rings. The van der Waals surface area contributed by atoms with Crippen LogP contribution in [0.1, 0.15) is 47.3 Å². The molecule has 0 radical (unpaired) electrons. The summed E-state index contributed by atoms with van der Waals surface area (Å²) in [6.07, 6.45) is 3.12. The van der Waals surface area contributed by atoms with Gasteiger partial charge in [0.15, 0.2) is 0 Å². The van der Waals surface area contributed by atoms with Crippen molar-refractivity contribution in [2.24, 2.45) is 0 Å². The van der Waals surface area contributed by atoms with Crippen LogP contribution in [-0.2, 0) is 19.4 Å². The lowest BCUT2D eigenvalue weighted by molar-refractivity contribution is 0.0953. The Hall–Kier alpha value is -3.27. The van der Waals surface area contributed by atoms with E-state index >= 15 is 0 Å². The van der Waals surface area contributed by atoms with Gasteiger partial charge in [-0.05, 0) is 80.1 Å². The summed E-state index contributed by atoms with van der Waals surface area (Å²) in [5.74, 6) is 0.887. The van der Waals surface area contributed by atoms with Crippen molar-refractivity contribution in [2.75, 3.05) is 18.0 Å². The van der Waals surface area contributed by atoms with Gasteiger partial charge < -0.3 is 15.0 Å². The summed E-state index contributed by atoms with van der Waals surface area (Å²) in [5, 5.41) is 3.04. The smallest absolute Gasteiger partial charge is 0.251 e. The van der Waals surface area contributed by atoms with E-state index in [4.69, 9.17) is 4.74 Å². The van der Waals surface area contributed by atoms with E-state index in [9.17, 15) is 4.79 Å². The largest absolute Gasteiger partial charge is 0.491 e. The molecular weight excluding hydrogens is 396 g/mol. The molecule has 0 saturated carbocycles. The molecule has 3 aromatic carbocycles. The van der Waals surface area contributed by atoms with E-state index < -0.39 is 0 Å². The van der Waals surface area contributed by atoms with E-state index in [0.717, 1.165) is 38.1 Å². The average Bonchev–Trinajstić information content (AvgIpc) is 3.20. The topological polar surface area (TPSA) is 41.6 Å². The molecule has 1 N–H and O–H groups in total. The number of anilines is 1. The van der Waals surface area contributed by atoms with Crippen LogP contribution in [0.25, 0.3) is 0 Å². The molecule has 1 heterocycles. The molecule has 4 heteroatoms. The number of carbonyl (C=O) groups is 1. The van der Waals surface area contributed by atoms with Crippen molar-refractivity contribution in [1.82, 2.24) is 5.32 Å². The number of rotatable bonds is 9. The molecule has 1 aliphatic rings. The number of carbonyl (C=O) groups excluding carboxylic acids is 1. The molecule has 3 aromatic rings. The molecule has 0 aromatic heterocycles. The van der Waals surface area contributed by atoms with Crippen LogP contribution in [0.5, 0.6) is 5.75 Å². The average molecular weight is 429 g/mol. The second kappa shape index (κ2) is 10.4. The molecule has 0 saturated heterocycles. The Morgan fingerprint density at radius 1 is 0.969 bits per heavy atom. The second-order valence-corrected chi connectivity index (χ2v) is 8.67. The number of fused-ring (bicyclic) bond motifs is 1. The van der Waals surface area contributed by atoms with Crippen molar-refractivity contribution >= 4 is 11.6 Å². The number of aryl methyl sites for hydroxylation is 1. The molecule has 4 nitrogen and oxygen atoms in total. The van der Waals surface area contributed by atoms with Crippen molar-refractivity contribution in [3.63, 3.8) is 0 Å². The third-order valence-electron chi connectivity index (χ3n) is 5.80. The van der Waals surface area contributed by atoms with Gasteiger partial charge in [0.2, 0.25) is 0 Å². The maximum atomic E-state index is 12.5. The van der Waals surface area contributed by atoms with Gasteiger partial charge in [-0.25, -0.2) is 0 Å². The number of nitrogens with one attached hydrogen (secondary N) is 1. The van der Waals surface area contributed by atoms with Crippen LogP contribution in [0, 0.1) is 0 Å². The predicted molar refractivity (Wildman–Crippen MR) is 130 cm³/mol. The molecule has 166 valence electrons. The minimum Gasteiger partial charge on any atom is -0.491 e. The number of hydrogen-bond acceptors (Lipinski definition) is 3. The lowest BCUT2D eigenvalue weighted by Gasteiger charge is -2.19. The Morgan fingerprint density at radius 3 is 2.44 bits per heavy atom. The third-order valence-corrected chi connectivity index (χ3v) is 5.80. The zero-order chi connectivity index (χ0) is 22.3. The maximum Gasteiger partial charge on any atom is 0.251 e. The molecule has 1 aliphatic heterocycles. The highest BCUT2D eigenvalue weighted by Crippen LogP contribution is 2.28. The SMILES string of the molecule is CC(C)Oc1ccc(CCCNC(=O)c2ccc(CN3CCc4ccccc43)cc2)cc1. The van der Waals surface area contributed by atoms with Gasteiger partial charge in [0.05, 0.1) is 6.10 Å². The summed E-state index contributed by atoms with van der Waals surface area (Å²) in [4.78, 5) is 14.9. The maximum absolute atomic E-state index is 12.5.